The highest BCUT2D eigenvalue weighted by atomic mass is 79.9. The Kier molecular flexibility index (Phi) is 4.01. The van der Waals surface area contributed by atoms with Crippen molar-refractivity contribution in [3.8, 4) is 0 Å². The van der Waals surface area contributed by atoms with Gasteiger partial charge in [0.1, 0.15) is 5.82 Å². The highest BCUT2D eigenvalue weighted by molar-refractivity contribution is 9.11. The molecule has 2 rings (SSSR count). The standard InChI is InChI=1S/C10H10BrN3OS2/c1-6-12-9(16-2)13-10(15)14(6)5-7-3-4-8(11)17-7/h3-4H,5H2,1-2H3. The summed E-state index contributed by atoms with van der Waals surface area (Å²) in [5.41, 5.74) is -0.244. The van der Waals surface area contributed by atoms with Crippen LogP contribution >= 0.6 is 39.0 Å². The zero-order chi connectivity index (χ0) is 12.4. The highest BCUT2D eigenvalue weighted by Gasteiger charge is 2.07. The molecule has 0 aromatic carbocycles. The molecule has 2 aromatic rings. The maximum atomic E-state index is 11.8. The maximum absolute atomic E-state index is 11.8. The summed E-state index contributed by atoms with van der Waals surface area (Å²) in [5, 5.41) is 0.524. The Morgan fingerprint density at radius 2 is 2.24 bits per heavy atom. The summed E-state index contributed by atoms with van der Waals surface area (Å²) < 4.78 is 2.64. The molecule has 0 amide bonds. The smallest absolute Gasteiger partial charge is 0.275 e. The van der Waals surface area contributed by atoms with Crippen molar-refractivity contribution in [2.75, 3.05) is 6.26 Å². The number of thiophene rings is 1. The molecule has 0 atom stereocenters. The lowest BCUT2D eigenvalue weighted by atomic mass is 10.4. The van der Waals surface area contributed by atoms with Gasteiger partial charge < -0.3 is 0 Å². The molecule has 7 heteroatoms. The minimum atomic E-state index is -0.244. The van der Waals surface area contributed by atoms with E-state index in [1.54, 1.807) is 15.9 Å². The maximum Gasteiger partial charge on any atom is 0.351 e. The molecule has 2 heterocycles. The fourth-order valence-electron chi connectivity index (χ4n) is 1.37. The molecule has 17 heavy (non-hydrogen) atoms. The number of aromatic nitrogens is 3. The Bertz CT molecular complexity index is 593. The van der Waals surface area contributed by atoms with E-state index in [2.05, 4.69) is 25.9 Å². The Labute approximate surface area is 115 Å². The van der Waals surface area contributed by atoms with Crippen molar-refractivity contribution in [1.82, 2.24) is 14.5 Å². The Morgan fingerprint density at radius 3 is 2.76 bits per heavy atom. The average Bonchev–Trinajstić information content (AvgIpc) is 2.69. The third-order valence-electron chi connectivity index (χ3n) is 2.20. The van der Waals surface area contributed by atoms with Gasteiger partial charge in [-0.2, -0.15) is 4.98 Å². The molecule has 0 unspecified atom stereocenters. The average molecular weight is 332 g/mol. The minimum Gasteiger partial charge on any atom is -0.275 e. The SMILES string of the molecule is CSc1nc(C)n(Cc2ccc(Br)s2)c(=O)n1. The van der Waals surface area contributed by atoms with Crippen LogP contribution < -0.4 is 5.69 Å². The monoisotopic (exact) mass is 331 g/mol. The summed E-state index contributed by atoms with van der Waals surface area (Å²) in [6.07, 6.45) is 1.86. The van der Waals surface area contributed by atoms with Gasteiger partial charge >= 0.3 is 5.69 Å². The number of hydrogen-bond donors (Lipinski definition) is 0. The zero-order valence-electron chi connectivity index (χ0n) is 9.31. The van der Waals surface area contributed by atoms with Gasteiger partial charge in [0.2, 0.25) is 0 Å². The second kappa shape index (κ2) is 5.32. The molecule has 0 saturated carbocycles. The second-order valence-electron chi connectivity index (χ2n) is 3.33. The first-order valence-corrected chi connectivity index (χ1v) is 7.67. The first-order chi connectivity index (χ1) is 8.10. The number of nitrogens with zero attached hydrogens (tertiary/aromatic N) is 3. The largest absolute Gasteiger partial charge is 0.351 e. The minimum absolute atomic E-state index is 0.244. The van der Waals surface area contributed by atoms with Crippen LogP contribution in [0.15, 0.2) is 25.9 Å². The predicted molar refractivity (Wildman–Crippen MR) is 73.9 cm³/mol. The van der Waals surface area contributed by atoms with Crippen LogP contribution in [0.5, 0.6) is 0 Å². The molecule has 4 nitrogen and oxygen atoms in total. The summed E-state index contributed by atoms with van der Waals surface area (Å²) in [7, 11) is 0. The van der Waals surface area contributed by atoms with Gasteiger partial charge in [0, 0.05) is 4.88 Å². The van der Waals surface area contributed by atoms with E-state index in [1.165, 1.54) is 11.8 Å². The molecule has 0 fully saturated rings. The quantitative estimate of drug-likeness (QED) is 0.811. The van der Waals surface area contributed by atoms with Crippen molar-refractivity contribution in [3.63, 3.8) is 0 Å². The summed E-state index contributed by atoms with van der Waals surface area (Å²) in [6, 6.07) is 3.96. The van der Waals surface area contributed by atoms with Crippen molar-refractivity contribution < 1.29 is 0 Å². The van der Waals surface area contributed by atoms with Gasteiger partial charge in [-0.25, -0.2) is 9.78 Å². The molecule has 0 N–H and O–H groups in total. The van der Waals surface area contributed by atoms with Crippen molar-refractivity contribution >= 4 is 39.0 Å². The van der Waals surface area contributed by atoms with Crippen LogP contribution in [0.2, 0.25) is 0 Å². The molecule has 90 valence electrons. The fourth-order valence-corrected chi connectivity index (χ4v) is 3.24. The van der Waals surface area contributed by atoms with Crippen LogP contribution in [-0.4, -0.2) is 20.8 Å². The second-order valence-corrected chi connectivity index (χ2v) is 6.65. The molecule has 0 saturated heterocycles. The van der Waals surface area contributed by atoms with Crippen LogP contribution in [0.4, 0.5) is 0 Å². The molecular formula is C10H10BrN3OS2. The van der Waals surface area contributed by atoms with Crippen LogP contribution in [0.1, 0.15) is 10.7 Å². The lowest BCUT2D eigenvalue weighted by Gasteiger charge is -2.07. The van der Waals surface area contributed by atoms with E-state index in [1.807, 2.05) is 25.3 Å². The number of rotatable bonds is 3. The van der Waals surface area contributed by atoms with Gasteiger partial charge in [0.25, 0.3) is 0 Å². The third kappa shape index (κ3) is 2.97. The van der Waals surface area contributed by atoms with Crippen LogP contribution in [-0.2, 0) is 6.54 Å². The van der Waals surface area contributed by atoms with E-state index in [-0.39, 0.29) is 5.69 Å². The van der Waals surface area contributed by atoms with Crippen molar-refractivity contribution in [1.29, 1.82) is 0 Å². The Morgan fingerprint density at radius 1 is 1.47 bits per heavy atom. The summed E-state index contributed by atoms with van der Waals surface area (Å²) in [4.78, 5) is 21.1. The van der Waals surface area contributed by atoms with Crippen LogP contribution in [0.25, 0.3) is 0 Å². The molecule has 0 spiro atoms. The van der Waals surface area contributed by atoms with Crippen molar-refractivity contribution in [2.24, 2.45) is 0 Å². The lowest BCUT2D eigenvalue weighted by molar-refractivity contribution is 0.640. The van der Waals surface area contributed by atoms with E-state index in [9.17, 15) is 4.79 Å². The van der Waals surface area contributed by atoms with Crippen LogP contribution in [0, 0.1) is 6.92 Å². The van der Waals surface area contributed by atoms with E-state index in [0.29, 0.717) is 17.5 Å². The normalized spacial score (nSPS) is 10.8. The Hall–Kier alpha value is -0.660. The van der Waals surface area contributed by atoms with Gasteiger partial charge in [-0.15, -0.1) is 11.3 Å². The number of thioether (sulfide) groups is 1. The summed E-state index contributed by atoms with van der Waals surface area (Å²) in [6.45, 7) is 2.35. The third-order valence-corrected chi connectivity index (χ3v) is 4.35. The molecule has 0 aliphatic rings. The van der Waals surface area contributed by atoms with E-state index in [4.69, 9.17) is 0 Å². The number of halogens is 1. The van der Waals surface area contributed by atoms with E-state index in [0.717, 1.165) is 8.66 Å². The summed E-state index contributed by atoms with van der Waals surface area (Å²) >= 11 is 6.38. The molecular weight excluding hydrogens is 322 g/mol. The Balaban J connectivity index is 2.36. The van der Waals surface area contributed by atoms with Gasteiger partial charge in [-0.05, 0) is 41.2 Å². The van der Waals surface area contributed by atoms with Gasteiger partial charge in [-0.1, -0.05) is 11.8 Å². The van der Waals surface area contributed by atoms with Gasteiger partial charge in [0.15, 0.2) is 5.16 Å². The van der Waals surface area contributed by atoms with E-state index < -0.39 is 0 Å². The van der Waals surface area contributed by atoms with Gasteiger partial charge in [0.05, 0.1) is 10.3 Å². The lowest BCUT2D eigenvalue weighted by Crippen LogP contribution is -2.27. The number of aryl methyl sites for hydroxylation is 1. The molecule has 0 aliphatic heterocycles. The molecule has 0 radical (unpaired) electrons. The molecule has 0 bridgehead atoms. The summed E-state index contributed by atoms with van der Waals surface area (Å²) in [5.74, 6) is 0.693. The number of hydrogen-bond acceptors (Lipinski definition) is 5. The first kappa shape index (κ1) is 12.8. The topological polar surface area (TPSA) is 47.8 Å². The fraction of sp³-hybridized carbons (Fsp3) is 0.300. The van der Waals surface area contributed by atoms with Crippen molar-refractivity contribution in [3.05, 3.63) is 37.1 Å². The predicted octanol–water partition coefficient (Wildman–Crippen LogP) is 2.54. The molecule has 2 aromatic heterocycles. The van der Waals surface area contributed by atoms with Crippen molar-refractivity contribution in [2.45, 2.75) is 18.6 Å². The van der Waals surface area contributed by atoms with E-state index >= 15 is 0 Å². The van der Waals surface area contributed by atoms with Crippen LogP contribution in [0.3, 0.4) is 0 Å². The molecule has 0 aliphatic carbocycles. The zero-order valence-corrected chi connectivity index (χ0v) is 12.5. The highest BCUT2D eigenvalue weighted by Crippen LogP contribution is 2.22. The van der Waals surface area contributed by atoms with Gasteiger partial charge in [-0.3, -0.25) is 4.57 Å². The first-order valence-electron chi connectivity index (χ1n) is 4.84.